The molecule has 1 amide bonds. The van der Waals surface area contributed by atoms with Crippen LogP contribution in [0.2, 0.25) is 0 Å². The summed E-state index contributed by atoms with van der Waals surface area (Å²) in [5.74, 6) is 0.759. The average Bonchev–Trinajstić information content (AvgIpc) is 2.42. The number of nitrogens with two attached hydrogens (primary N) is 1. The lowest BCUT2D eigenvalue weighted by atomic mass is 9.64. The van der Waals surface area contributed by atoms with Crippen molar-refractivity contribution < 1.29 is 4.79 Å². The Bertz CT molecular complexity index is 457. The van der Waals surface area contributed by atoms with Crippen molar-refractivity contribution in [3.8, 4) is 0 Å². The van der Waals surface area contributed by atoms with Gasteiger partial charge in [0.1, 0.15) is 0 Å². The second-order valence-electron chi connectivity index (χ2n) is 6.95. The van der Waals surface area contributed by atoms with Gasteiger partial charge in [-0.3, -0.25) is 4.79 Å². The highest BCUT2D eigenvalue weighted by molar-refractivity contribution is 5.85. The van der Waals surface area contributed by atoms with Gasteiger partial charge in [-0.05, 0) is 36.2 Å². The number of halogens is 1. The van der Waals surface area contributed by atoms with Crippen LogP contribution in [0.5, 0.6) is 0 Å². The van der Waals surface area contributed by atoms with Gasteiger partial charge in [0.2, 0.25) is 5.91 Å². The van der Waals surface area contributed by atoms with E-state index in [4.69, 9.17) is 5.73 Å². The second kappa shape index (κ2) is 8.54. The van der Waals surface area contributed by atoms with Crippen molar-refractivity contribution >= 4 is 18.3 Å². The van der Waals surface area contributed by atoms with Crippen molar-refractivity contribution in [1.29, 1.82) is 0 Å². The van der Waals surface area contributed by atoms with Crippen molar-refractivity contribution in [1.82, 2.24) is 5.32 Å². The van der Waals surface area contributed by atoms with Crippen LogP contribution in [0.4, 0.5) is 0 Å². The van der Waals surface area contributed by atoms with Crippen LogP contribution in [0.15, 0.2) is 30.3 Å². The van der Waals surface area contributed by atoms with Crippen LogP contribution in [-0.2, 0) is 4.79 Å². The summed E-state index contributed by atoms with van der Waals surface area (Å²) < 4.78 is 0. The molecule has 2 rings (SSSR count). The average molecular weight is 325 g/mol. The monoisotopic (exact) mass is 324 g/mol. The first-order valence-electron chi connectivity index (χ1n) is 8.08. The van der Waals surface area contributed by atoms with Gasteiger partial charge in [-0.2, -0.15) is 0 Å². The lowest BCUT2D eigenvalue weighted by Gasteiger charge is -2.43. The first kappa shape index (κ1) is 19.0. The van der Waals surface area contributed by atoms with Crippen molar-refractivity contribution in [2.24, 2.45) is 17.1 Å². The summed E-state index contributed by atoms with van der Waals surface area (Å²) in [6, 6.07) is 9.61. The minimum absolute atomic E-state index is 0. The third-order valence-corrected chi connectivity index (χ3v) is 4.55. The second-order valence-corrected chi connectivity index (χ2v) is 6.95. The van der Waals surface area contributed by atoms with Crippen LogP contribution in [0.1, 0.15) is 57.6 Å². The van der Waals surface area contributed by atoms with Gasteiger partial charge in [-0.1, -0.05) is 50.6 Å². The molecule has 3 nitrogen and oxygen atoms in total. The third-order valence-electron chi connectivity index (χ3n) is 4.55. The van der Waals surface area contributed by atoms with E-state index in [2.05, 4.69) is 19.2 Å². The van der Waals surface area contributed by atoms with Crippen LogP contribution in [-0.4, -0.2) is 12.5 Å². The Kier molecular flexibility index (Phi) is 7.37. The van der Waals surface area contributed by atoms with Crippen molar-refractivity contribution in [3.05, 3.63) is 35.9 Å². The molecule has 1 aromatic rings. The standard InChI is InChI=1S/C18H28N2O.ClH/c1-14(2)12-18(9-6-10-18)13-20-17(21)11-16(19)15-7-4-3-5-8-15;/h3-5,7-8,14,16H,6,9-13,19H2,1-2H3,(H,20,21);1H. The van der Waals surface area contributed by atoms with Crippen LogP contribution in [0, 0.1) is 11.3 Å². The molecule has 4 heteroatoms. The van der Waals surface area contributed by atoms with Crippen LogP contribution in [0.25, 0.3) is 0 Å². The highest BCUT2D eigenvalue weighted by Gasteiger charge is 2.37. The molecule has 0 bridgehead atoms. The Hall–Kier alpha value is -1.06. The molecule has 0 radical (unpaired) electrons. The Morgan fingerprint density at radius 2 is 1.91 bits per heavy atom. The van der Waals surface area contributed by atoms with Gasteiger partial charge in [0, 0.05) is 19.0 Å². The number of carbonyl (C=O) groups is 1. The molecule has 1 saturated carbocycles. The van der Waals surface area contributed by atoms with Gasteiger partial charge in [0.25, 0.3) is 0 Å². The minimum Gasteiger partial charge on any atom is -0.355 e. The maximum atomic E-state index is 12.1. The maximum absolute atomic E-state index is 12.1. The SMILES string of the molecule is CC(C)CC1(CNC(=O)CC(N)c2ccccc2)CCC1.Cl. The van der Waals surface area contributed by atoms with E-state index in [0.717, 1.165) is 12.1 Å². The fourth-order valence-corrected chi connectivity index (χ4v) is 3.37. The Labute approximate surface area is 140 Å². The number of nitrogens with one attached hydrogen (secondary N) is 1. The van der Waals surface area contributed by atoms with Crippen molar-refractivity contribution in [2.45, 2.75) is 52.0 Å². The number of benzene rings is 1. The molecule has 1 unspecified atom stereocenters. The molecular weight excluding hydrogens is 296 g/mol. The molecule has 22 heavy (non-hydrogen) atoms. The molecule has 1 fully saturated rings. The molecule has 0 saturated heterocycles. The number of carbonyl (C=O) groups excluding carboxylic acids is 1. The molecular formula is C18H29ClN2O. The van der Waals surface area contributed by atoms with E-state index >= 15 is 0 Å². The summed E-state index contributed by atoms with van der Waals surface area (Å²) in [5, 5.41) is 3.11. The van der Waals surface area contributed by atoms with Crippen LogP contribution in [0.3, 0.4) is 0 Å². The summed E-state index contributed by atoms with van der Waals surface area (Å²) >= 11 is 0. The number of rotatable bonds is 7. The van der Waals surface area contributed by atoms with Gasteiger partial charge < -0.3 is 11.1 Å². The predicted molar refractivity (Wildman–Crippen MR) is 94.0 cm³/mol. The topological polar surface area (TPSA) is 55.1 Å². The van der Waals surface area contributed by atoms with E-state index in [1.165, 1.54) is 25.7 Å². The highest BCUT2D eigenvalue weighted by atomic mass is 35.5. The first-order chi connectivity index (χ1) is 10.0. The van der Waals surface area contributed by atoms with Gasteiger partial charge in [0.05, 0.1) is 0 Å². The molecule has 3 N–H and O–H groups in total. The number of hydrogen-bond acceptors (Lipinski definition) is 2. The molecule has 1 aliphatic carbocycles. The summed E-state index contributed by atoms with van der Waals surface area (Å²) in [6.45, 7) is 5.33. The fourth-order valence-electron chi connectivity index (χ4n) is 3.37. The normalized spacial score (nSPS) is 17.3. The Balaban J connectivity index is 0.00000242. The zero-order valence-corrected chi connectivity index (χ0v) is 14.5. The van der Waals surface area contributed by atoms with E-state index < -0.39 is 0 Å². The lowest BCUT2D eigenvalue weighted by Crippen LogP contribution is -2.43. The van der Waals surface area contributed by atoms with Gasteiger partial charge in [-0.25, -0.2) is 0 Å². The maximum Gasteiger partial charge on any atom is 0.221 e. The molecule has 1 aromatic carbocycles. The Morgan fingerprint density at radius 3 is 2.41 bits per heavy atom. The third kappa shape index (κ3) is 5.29. The molecule has 0 aromatic heterocycles. The molecule has 0 aliphatic heterocycles. The molecule has 1 aliphatic rings. The predicted octanol–water partition coefficient (Wildman–Crippen LogP) is 3.83. The first-order valence-corrected chi connectivity index (χ1v) is 8.08. The molecule has 0 spiro atoms. The van der Waals surface area contributed by atoms with E-state index in [1.54, 1.807) is 0 Å². The smallest absolute Gasteiger partial charge is 0.221 e. The largest absolute Gasteiger partial charge is 0.355 e. The molecule has 0 heterocycles. The van der Waals surface area contributed by atoms with Crippen LogP contribution >= 0.6 is 12.4 Å². The summed E-state index contributed by atoms with van der Waals surface area (Å²) in [5.41, 5.74) is 7.47. The van der Waals surface area contributed by atoms with E-state index in [-0.39, 0.29) is 24.4 Å². The van der Waals surface area contributed by atoms with E-state index in [0.29, 0.717) is 17.8 Å². The molecule has 124 valence electrons. The van der Waals surface area contributed by atoms with E-state index in [9.17, 15) is 4.79 Å². The van der Waals surface area contributed by atoms with Crippen LogP contribution < -0.4 is 11.1 Å². The van der Waals surface area contributed by atoms with Gasteiger partial charge in [0.15, 0.2) is 0 Å². The summed E-state index contributed by atoms with van der Waals surface area (Å²) in [6.07, 6.45) is 5.36. The summed E-state index contributed by atoms with van der Waals surface area (Å²) in [7, 11) is 0. The van der Waals surface area contributed by atoms with Gasteiger partial charge >= 0.3 is 0 Å². The lowest BCUT2D eigenvalue weighted by molar-refractivity contribution is -0.122. The van der Waals surface area contributed by atoms with Crippen molar-refractivity contribution in [2.75, 3.05) is 6.54 Å². The number of amides is 1. The van der Waals surface area contributed by atoms with Gasteiger partial charge in [-0.15, -0.1) is 12.4 Å². The molecule has 1 atom stereocenters. The van der Waals surface area contributed by atoms with Crippen molar-refractivity contribution in [3.63, 3.8) is 0 Å². The quantitative estimate of drug-likeness (QED) is 0.800. The summed E-state index contributed by atoms with van der Waals surface area (Å²) in [4.78, 5) is 12.1. The number of hydrogen-bond donors (Lipinski definition) is 2. The minimum atomic E-state index is -0.214. The zero-order chi connectivity index (χ0) is 15.3. The van der Waals surface area contributed by atoms with E-state index in [1.807, 2.05) is 30.3 Å². The highest BCUT2D eigenvalue weighted by Crippen LogP contribution is 2.45. The zero-order valence-electron chi connectivity index (χ0n) is 13.7. The fraction of sp³-hybridized carbons (Fsp3) is 0.611. The Morgan fingerprint density at radius 1 is 1.27 bits per heavy atom.